The van der Waals surface area contributed by atoms with Gasteiger partial charge in [0.1, 0.15) is 0 Å². The number of aliphatic hydroxyl groups is 1. The first-order chi connectivity index (χ1) is 6.12. The second kappa shape index (κ2) is 4.45. The molecular formula is C12H24O. The van der Waals surface area contributed by atoms with Gasteiger partial charge in [0.15, 0.2) is 0 Å². The lowest BCUT2D eigenvalue weighted by Crippen LogP contribution is -2.31. The summed E-state index contributed by atoms with van der Waals surface area (Å²) in [4.78, 5) is 0. The first-order valence-corrected chi connectivity index (χ1v) is 5.80. The predicted molar refractivity (Wildman–Crippen MR) is 56.7 cm³/mol. The summed E-state index contributed by atoms with van der Waals surface area (Å²) in [6.45, 7) is 7.01. The molecule has 0 aromatic rings. The molecule has 0 unspecified atom stereocenters. The van der Waals surface area contributed by atoms with Gasteiger partial charge in [0.2, 0.25) is 0 Å². The molecule has 13 heavy (non-hydrogen) atoms. The third kappa shape index (κ3) is 2.46. The van der Waals surface area contributed by atoms with E-state index in [9.17, 15) is 5.11 Å². The van der Waals surface area contributed by atoms with Gasteiger partial charge in [0, 0.05) is 0 Å². The fraction of sp³-hybridized carbons (Fsp3) is 1.00. The van der Waals surface area contributed by atoms with Crippen molar-refractivity contribution in [2.45, 2.75) is 65.4 Å². The molecular weight excluding hydrogens is 160 g/mol. The molecule has 0 aromatic heterocycles. The van der Waals surface area contributed by atoms with E-state index in [-0.39, 0.29) is 6.10 Å². The van der Waals surface area contributed by atoms with Crippen LogP contribution in [0.2, 0.25) is 0 Å². The molecule has 0 aliphatic heterocycles. The largest absolute Gasteiger partial charge is 0.393 e. The molecule has 1 N–H and O–H groups in total. The molecule has 0 heterocycles. The highest BCUT2D eigenvalue weighted by atomic mass is 16.3. The van der Waals surface area contributed by atoms with Gasteiger partial charge in [-0.3, -0.25) is 0 Å². The fourth-order valence-electron chi connectivity index (χ4n) is 2.60. The van der Waals surface area contributed by atoms with Gasteiger partial charge >= 0.3 is 0 Å². The van der Waals surface area contributed by atoms with Crippen LogP contribution in [0.4, 0.5) is 0 Å². The summed E-state index contributed by atoms with van der Waals surface area (Å²) < 4.78 is 0. The molecule has 1 nitrogen and oxygen atoms in total. The van der Waals surface area contributed by atoms with E-state index in [1.54, 1.807) is 0 Å². The molecule has 1 aliphatic carbocycles. The first-order valence-electron chi connectivity index (χ1n) is 5.80. The Morgan fingerprint density at radius 3 is 1.92 bits per heavy atom. The van der Waals surface area contributed by atoms with Crippen molar-refractivity contribution in [1.82, 2.24) is 0 Å². The molecule has 1 rings (SSSR count). The van der Waals surface area contributed by atoms with Crippen LogP contribution >= 0.6 is 0 Å². The van der Waals surface area contributed by atoms with Crippen LogP contribution in [0.25, 0.3) is 0 Å². The first kappa shape index (κ1) is 11.0. The molecule has 0 aromatic carbocycles. The zero-order chi connectivity index (χ0) is 9.90. The van der Waals surface area contributed by atoms with Gasteiger partial charge in [0.25, 0.3) is 0 Å². The topological polar surface area (TPSA) is 20.2 Å². The number of hydrogen-bond donors (Lipinski definition) is 1. The van der Waals surface area contributed by atoms with Crippen LogP contribution in [-0.4, -0.2) is 11.2 Å². The zero-order valence-electron chi connectivity index (χ0n) is 9.34. The van der Waals surface area contributed by atoms with Crippen LogP contribution in [0.5, 0.6) is 0 Å². The zero-order valence-corrected chi connectivity index (χ0v) is 9.34. The Morgan fingerprint density at radius 1 is 1.08 bits per heavy atom. The summed E-state index contributed by atoms with van der Waals surface area (Å²) in [5, 5.41) is 9.44. The molecule has 0 bridgehead atoms. The minimum absolute atomic E-state index is 0.00536. The van der Waals surface area contributed by atoms with E-state index < -0.39 is 0 Å². The molecule has 1 fully saturated rings. The molecule has 1 heteroatoms. The SMILES string of the molecule is CCC(C)(CC)C1CCC(O)CC1. The number of aliphatic hydroxyl groups excluding tert-OH is 1. The highest BCUT2D eigenvalue weighted by Gasteiger charge is 2.33. The Labute approximate surface area is 82.5 Å². The van der Waals surface area contributed by atoms with E-state index in [0.29, 0.717) is 5.41 Å². The van der Waals surface area contributed by atoms with Crippen molar-refractivity contribution in [3.63, 3.8) is 0 Å². The highest BCUT2D eigenvalue weighted by Crippen LogP contribution is 2.42. The quantitative estimate of drug-likeness (QED) is 0.713. The summed E-state index contributed by atoms with van der Waals surface area (Å²) >= 11 is 0. The van der Waals surface area contributed by atoms with Crippen molar-refractivity contribution in [3.05, 3.63) is 0 Å². The number of hydrogen-bond acceptors (Lipinski definition) is 1. The van der Waals surface area contributed by atoms with Crippen LogP contribution in [-0.2, 0) is 0 Å². The summed E-state index contributed by atoms with van der Waals surface area (Å²) in [6, 6.07) is 0. The van der Waals surface area contributed by atoms with E-state index in [4.69, 9.17) is 0 Å². The van der Waals surface area contributed by atoms with Crippen LogP contribution in [0, 0.1) is 11.3 Å². The Morgan fingerprint density at radius 2 is 1.54 bits per heavy atom. The lowest BCUT2D eigenvalue weighted by atomic mass is 9.66. The van der Waals surface area contributed by atoms with E-state index >= 15 is 0 Å². The predicted octanol–water partition coefficient (Wildman–Crippen LogP) is 3.36. The van der Waals surface area contributed by atoms with Gasteiger partial charge in [-0.05, 0) is 37.0 Å². The van der Waals surface area contributed by atoms with Crippen molar-refractivity contribution in [2.75, 3.05) is 0 Å². The van der Waals surface area contributed by atoms with Crippen molar-refractivity contribution in [2.24, 2.45) is 11.3 Å². The smallest absolute Gasteiger partial charge is 0.0540 e. The van der Waals surface area contributed by atoms with Gasteiger partial charge in [-0.2, -0.15) is 0 Å². The van der Waals surface area contributed by atoms with Crippen LogP contribution < -0.4 is 0 Å². The van der Waals surface area contributed by atoms with Crippen LogP contribution in [0.1, 0.15) is 59.3 Å². The molecule has 0 saturated heterocycles. The average molecular weight is 184 g/mol. The number of rotatable bonds is 3. The van der Waals surface area contributed by atoms with Gasteiger partial charge < -0.3 is 5.11 Å². The Hall–Kier alpha value is -0.0400. The second-order valence-corrected chi connectivity index (χ2v) is 4.87. The molecule has 0 atom stereocenters. The van der Waals surface area contributed by atoms with Gasteiger partial charge in [-0.1, -0.05) is 33.6 Å². The normalized spacial score (nSPS) is 30.5. The van der Waals surface area contributed by atoms with Crippen molar-refractivity contribution < 1.29 is 5.11 Å². The lowest BCUT2D eigenvalue weighted by Gasteiger charge is -2.40. The van der Waals surface area contributed by atoms with Gasteiger partial charge in [-0.25, -0.2) is 0 Å². The van der Waals surface area contributed by atoms with Gasteiger partial charge in [-0.15, -0.1) is 0 Å². The van der Waals surface area contributed by atoms with E-state index in [2.05, 4.69) is 20.8 Å². The molecule has 1 saturated carbocycles. The van der Waals surface area contributed by atoms with Gasteiger partial charge in [0.05, 0.1) is 6.10 Å². The Balaban J connectivity index is 2.51. The van der Waals surface area contributed by atoms with E-state index in [1.165, 1.54) is 25.7 Å². The Bertz CT molecular complexity index is 141. The standard InChI is InChI=1S/C12H24O/c1-4-12(3,5-2)10-6-8-11(13)9-7-10/h10-11,13H,4-9H2,1-3H3. The summed E-state index contributed by atoms with van der Waals surface area (Å²) in [5.74, 6) is 0.853. The monoisotopic (exact) mass is 184 g/mol. The molecule has 0 radical (unpaired) electrons. The molecule has 78 valence electrons. The van der Waals surface area contributed by atoms with Crippen molar-refractivity contribution in [1.29, 1.82) is 0 Å². The summed E-state index contributed by atoms with van der Waals surface area (Å²) in [5.41, 5.74) is 0.528. The third-order valence-corrected chi connectivity index (χ3v) is 4.30. The van der Waals surface area contributed by atoms with Crippen LogP contribution in [0.15, 0.2) is 0 Å². The third-order valence-electron chi connectivity index (χ3n) is 4.30. The van der Waals surface area contributed by atoms with Crippen LogP contribution in [0.3, 0.4) is 0 Å². The molecule has 0 amide bonds. The second-order valence-electron chi connectivity index (χ2n) is 4.87. The maximum absolute atomic E-state index is 9.44. The van der Waals surface area contributed by atoms with Crippen molar-refractivity contribution in [3.8, 4) is 0 Å². The summed E-state index contributed by atoms with van der Waals surface area (Å²) in [6.07, 6.45) is 7.09. The molecule has 0 spiro atoms. The minimum atomic E-state index is -0.00536. The van der Waals surface area contributed by atoms with E-state index in [1.807, 2.05) is 0 Å². The lowest BCUT2D eigenvalue weighted by molar-refractivity contribution is 0.0535. The summed E-state index contributed by atoms with van der Waals surface area (Å²) in [7, 11) is 0. The van der Waals surface area contributed by atoms with Crippen molar-refractivity contribution >= 4 is 0 Å². The van der Waals surface area contributed by atoms with E-state index in [0.717, 1.165) is 18.8 Å². The fourth-order valence-corrected chi connectivity index (χ4v) is 2.60. The maximum Gasteiger partial charge on any atom is 0.0540 e. The highest BCUT2D eigenvalue weighted by molar-refractivity contribution is 4.84. The minimum Gasteiger partial charge on any atom is -0.393 e. The molecule has 1 aliphatic rings. The Kier molecular flexibility index (Phi) is 3.78. The average Bonchev–Trinajstić information content (AvgIpc) is 2.18. The maximum atomic E-state index is 9.44.